The van der Waals surface area contributed by atoms with E-state index in [1.54, 1.807) is 49.4 Å². The molecule has 3 aromatic carbocycles. The molecule has 1 aromatic heterocycles. The number of anilines is 1. The van der Waals surface area contributed by atoms with Crippen LogP contribution in [-0.2, 0) is 11.2 Å². The van der Waals surface area contributed by atoms with Gasteiger partial charge in [0.15, 0.2) is 0 Å². The summed E-state index contributed by atoms with van der Waals surface area (Å²) in [5.41, 5.74) is 4.97. The number of ether oxygens (including phenoxy) is 2. The second-order valence-corrected chi connectivity index (χ2v) is 10.5. The molecule has 0 aliphatic heterocycles. The van der Waals surface area contributed by atoms with Gasteiger partial charge in [0, 0.05) is 16.2 Å². The number of amides is 2. The number of thioether (sulfide) groups is 1. The predicted octanol–water partition coefficient (Wildman–Crippen LogP) is 4.97. The van der Waals surface area contributed by atoms with E-state index in [0.717, 1.165) is 28.4 Å². The zero-order valence-corrected chi connectivity index (χ0v) is 23.1. The Morgan fingerprint density at radius 3 is 2.59 bits per heavy atom. The molecule has 0 saturated carbocycles. The Morgan fingerprint density at radius 2 is 1.82 bits per heavy atom. The molecular formula is C28H27N5O4S2. The highest BCUT2D eigenvalue weighted by atomic mass is 32.2. The highest BCUT2D eigenvalue weighted by Gasteiger charge is 2.12. The number of aromatic nitrogens is 2. The lowest BCUT2D eigenvalue weighted by Crippen LogP contribution is -2.19. The minimum atomic E-state index is -0.351. The summed E-state index contributed by atoms with van der Waals surface area (Å²) < 4.78 is 10.9. The van der Waals surface area contributed by atoms with Crippen LogP contribution in [0, 0.1) is 6.92 Å². The molecule has 0 saturated heterocycles. The van der Waals surface area contributed by atoms with E-state index in [1.807, 2.05) is 24.3 Å². The minimum absolute atomic E-state index is 0.0186. The lowest BCUT2D eigenvalue weighted by Gasteiger charge is -2.07. The Hall–Kier alpha value is -4.22. The van der Waals surface area contributed by atoms with Crippen molar-refractivity contribution in [1.29, 1.82) is 0 Å². The van der Waals surface area contributed by atoms with Crippen molar-refractivity contribution in [2.24, 2.45) is 5.10 Å². The van der Waals surface area contributed by atoms with Gasteiger partial charge < -0.3 is 9.47 Å². The van der Waals surface area contributed by atoms with Crippen LogP contribution in [0.1, 0.15) is 26.5 Å². The Kier molecular flexibility index (Phi) is 10.0. The molecule has 0 fully saturated rings. The molecule has 0 aliphatic rings. The standard InChI is InChI=1S/C28H27N5O4S2/c1-19-6-12-24(13-7-19)38-15-14-37-23-5-3-4-20(16-23)18-29-31-25(34)17-26-32-33-28(39-26)30-27(35)21-8-10-22(36-2)11-9-21/h3-13,16,18H,14-15,17H2,1-2H3,(H,31,34)(H,30,33,35)/b29-18+. The summed E-state index contributed by atoms with van der Waals surface area (Å²) in [5.74, 6) is 1.54. The number of hydrogen-bond acceptors (Lipinski definition) is 9. The van der Waals surface area contributed by atoms with E-state index in [0.29, 0.717) is 28.1 Å². The van der Waals surface area contributed by atoms with Crippen molar-refractivity contribution in [1.82, 2.24) is 15.6 Å². The van der Waals surface area contributed by atoms with Gasteiger partial charge in [-0.25, -0.2) is 5.43 Å². The fraction of sp³-hybridized carbons (Fsp3) is 0.179. The molecule has 200 valence electrons. The maximum Gasteiger partial charge on any atom is 0.257 e. The lowest BCUT2D eigenvalue weighted by molar-refractivity contribution is -0.120. The summed E-state index contributed by atoms with van der Waals surface area (Å²) in [7, 11) is 1.56. The van der Waals surface area contributed by atoms with Gasteiger partial charge in [-0.1, -0.05) is 41.2 Å². The van der Waals surface area contributed by atoms with Gasteiger partial charge >= 0.3 is 0 Å². The summed E-state index contributed by atoms with van der Waals surface area (Å²) in [6.45, 7) is 2.64. The Labute approximate surface area is 234 Å². The first-order valence-electron chi connectivity index (χ1n) is 12.0. The van der Waals surface area contributed by atoms with E-state index < -0.39 is 0 Å². The monoisotopic (exact) mass is 561 g/mol. The highest BCUT2D eigenvalue weighted by molar-refractivity contribution is 7.99. The van der Waals surface area contributed by atoms with Crippen LogP contribution in [0.15, 0.2) is 82.8 Å². The van der Waals surface area contributed by atoms with Crippen molar-refractivity contribution in [3.05, 3.63) is 94.5 Å². The number of methoxy groups -OCH3 is 1. The molecule has 9 nitrogen and oxygen atoms in total. The number of carbonyl (C=O) groups excluding carboxylic acids is 2. The van der Waals surface area contributed by atoms with Crippen LogP contribution >= 0.6 is 23.1 Å². The van der Waals surface area contributed by atoms with Gasteiger partial charge in [0.05, 0.1) is 26.4 Å². The van der Waals surface area contributed by atoms with Gasteiger partial charge in [0.25, 0.3) is 5.91 Å². The number of hydrogen-bond donors (Lipinski definition) is 2. The van der Waals surface area contributed by atoms with Crippen LogP contribution < -0.4 is 20.2 Å². The van der Waals surface area contributed by atoms with E-state index in [4.69, 9.17) is 9.47 Å². The number of carbonyl (C=O) groups is 2. The van der Waals surface area contributed by atoms with Crippen molar-refractivity contribution in [3.63, 3.8) is 0 Å². The minimum Gasteiger partial charge on any atom is -0.497 e. The molecule has 0 bridgehead atoms. The molecule has 4 aromatic rings. The third-order valence-corrected chi connectivity index (χ3v) is 7.07. The van der Waals surface area contributed by atoms with Crippen molar-refractivity contribution < 1.29 is 19.1 Å². The first kappa shape index (κ1) is 27.8. The molecule has 1 heterocycles. The molecule has 2 amide bonds. The summed E-state index contributed by atoms with van der Waals surface area (Å²) in [5, 5.41) is 15.4. The number of aryl methyl sites for hydroxylation is 1. The molecule has 2 N–H and O–H groups in total. The molecular weight excluding hydrogens is 534 g/mol. The Balaban J connectivity index is 1.19. The van der Waals surface area contributed by atoms with E-state index in [1.165, 1.54) is 10.5 Å². The normalized spacial score (nSPS) is 10.8. The van der Waals surface area contributed by atoms with Crippen LogP contribution in [0.25, 0.3) is 0 Å². The molecule has 0 atom stereocenters. The number of benzene rings is 3. The predicted molar refractivity (Wildman–Crippen MR) is 154 cm³/mol. The number of hydrazone groups is 1. The van der Waals surface area contributed by atoms with E-state index >= 15 is 0 Å². The second-order valence-electron chi connectivity index (χ2n) is 8.24. The number of nitrogens with zero attached hydrogens (tertiary/aromatic N) is 3. The number of rotatable bonds is 12. The maximum atomic E-state index is 12.4. The molecule has 0 aliphatic carbocycles. The topological polar surface area (TPSA) is 115 Å². The first-order valence-corrected chi connectivity index (χ1v) is 13.8. The molecule has 0 unspecified atom stereocenters. The van der Waals surface area contributed by atoms with Crippen LogP contribution in [-0.4, -0.2) is 47.7 Å². The zero-order chi connectivity index (χ0) is 27.5. The van der Waals surface area contributed by atoms with Gasteiger partial charge in [-0.3, -0.25) is 14.9 Å². The first-order chi connectivity index (χ1) is 19.0. The van der Waals surface area contributed by atoms with E-state index in [2.05, 4.69) is 57.2 Å². The SMILES string of the molecule is COc1ccc(C(=O)Nc2nnc(CC(=O)N/N=C/c3cccc(OCCSc4ccc(C)cc4)c3)s2)cc1. The molecule has 0 spiro atoms. The third-order valence-electron chi connectivity index (χ3n) is 5.25. The highest BCUT2D eigenvalue weighted by Crippen LogP contribution is 2.20. The molecule has 11 heteroatoms. The van der Waals surface area contributed by atoms with Crippen molar-refractivity contribution in [3.8, 4) is 11.5 Å². The largest absolute Gasteiger partial charge is 0.497 e. The maximum absolute atomic E-state index is 12.4. The van der Waals surface area contributed by atoms with Crippen molar-refractivity contribution >= 4 is 46.3 Å². The summed E-state index contributed by atoms with van der Waals surface area (Å²) in [6, 6.07) is 22.6. The van der Waals surface area contributed by atoms with Crippen molar-refractivity contribution in [2.45, 2.75) is 18.2 Å². The molecule has 4 rings (SSSR count). The summed E-state index contributed by atoms with van der Waals surface area (Å²) in [4.78, 5) is 25.9. The molecule has 39 heavy (non-hydrogen) atoms. The van der Waals surface area contributed by atoms with Gasteiger partial charge in [-0.05, 0) is 61.0 Å². The second kappa shape index (κ2) is 14.1. The Bertz CT molecular complexity index is 1420. The van der Waals surface area contributed by atoms with E-state index in [9.17, 15) is 9.59 Å². The summed E-state index contributed by atoms with van der Waals surface area (Å²) in [6.07, 6.45) is 1.53. The van der Waals surface area contributed by atoms with Crippen LogP contribution in [0.2, 0.25) is 0 Å². The van der Waals surface area contributed by atoms with Gasteiger partial charge in [-0.2, -0.15) is 5.10 Å². The van der Waals surface area contributed by atoms with Crippen LogP contribution in [0.3, 0.4) is 0 Å². The van der Waals surface area contributed by atoms with Gasteiger partial charge in [-0.15, -0.1) is 22.0 Å². The summed E-state index contributed by atoms with van der Waals surface area (Å²) >= 11 is 2.86. The average molecular weight is 562 g/mol. The van der Waals surface area contributed by atoms with Crippen LogP contribution in [0.5, 0.6) is 11.5 Å². The van der Waals surface area contributed by atoms with E-state index in [-0.39, 0.29) is 18.2 Å². The van der Waals surface area contributed by atoms with Gasteiger partial charge in [0.1, 0.15) is 16.5 Å². The van der Waals surface area contributed by atoms with Crippen molar-refractivity contribution in [2.75, 3.05) is 24.8 Å². The van der Waals surface area contributed by atoms with Crippen LogP contribution in [0.4, 0.5) is 5.13 Å². The fourth-order valence-electron chi connectivity index (χ4n) is 3.28. The average Bonchev–Trinajstić information content (AvgIpc) is 3.38. The zero-order valence-electron chi connectivity index (χ0n) is 21.4. The quantitative estimate of drug-likeness (QED) is 0.109. The smallest absolute Gasteiger partial charge is 0.257 e. The Morgan fingerprint density at radius 1 is 1.03 bits per heavy atom. The van der Waals surface area contributed by atoms with Gasteiger partial charge in [0.2, 0.25) is 11.0 Å². The lowest BCUT2D eigenvalue weighted by atomic mass is 10.2. The fourth-order valence-corrected chi connectivity index (χ4v) is 4.75. The third kappa shape index (κ3) is 8.94. The number of nitrogens with one attached hydrogen (secondary N) is 2. The molecule has 0 radical (unpaired) electrons.